The highest BCUT2D eigenvalue weighted by atomic mass is 79.9. The van der Waals surface area contributed by atoms with Crippen molar-refractivity contribution in [2.24, 2.45) is 5.73 Å². The smallest absolute Gasteiger partial charge is 0.133 e. The molecule has 0 saturated heterocycles. The summed E-state index contributed by atoms with van der Waals surface area (Å²) in [4.78, 5) is 0. The standard InChI is InChI=1S/C14H20BrNO/c1-10-5-6-11(17-2)13(15)12(10)14(9-16)7-3-4-8-14/h5-6H,3-4,7-9,16H2,1-2H3. The molecule has 0 aromatic heterocycles. The lowest BCUT2D eigenvalue weighted by atomic mass is 9.77. The number of halogens is 1. The van der Waals surface area contributed by atoms with Crippen molar-refractivity contribution in [1.82, 2.24) is 0 Å². The fraction of sp³-hybridized carbons (Fsp3) is 0.571. The van der Waals surface area contributed by atoms with E-state index in [2.05, 4.69) is 28.9 Å². The summed E-state index contributed by atoms with van der Waals surface area (Å²) in [6, 6.07) is 4.15. The number of aryl methyl sites for hydroxylation is 1. The van der Waals surface area contributed by atoms with E-state index in [9.17, 15) is 0 Å². The van der Waals surface area contributed by atoms with Gasteiger partial charge in [0.15, 0.2) is 0 Å². The maximum Gasteiger partial charge on any atom is 0.133 e. The van der Waals surface area contributed by atoms with Gasteiger partial charge < -0.3 is 10.5 Å². The van der Waals surface area contributed by atoms with Crippen LogP contribution < -0.4 is 10.5 Å². The van der Waals surface area contributed by atoms with E-state index in [0.717, 1.165) is 16.8 Å². The molecule has 17 heavy (non-hydrogen) atoms. The van der Waals surface area contributed by atoms with E-state index in [4.69, 9.17) is 10.5 Å². The van der Waals surface area contributed by atoms with Gasteiger partial charge in [-0.3, -0.25) is 0 Å². The van der Waals surface area contributed by atoms with Crippen LogP contribution in [0.5, 0.6) is 5.75 Å². The lowest BCUT2D eigenvalue weighted by Gasteiger charge is -2.31. The molecule has 0 spiro atoms. The van der Waals surface area contributed by atoms with Crippen molar-refractivity contribution in [2.45, 2.75) is 38.0 Å². The lowest BCUT2D eigenvalue weighted by molar-refractivity contribution is 0.403. The largest absolute Gasteiger partial charge is 0.496 e. The van der Waals surface area contributed by atoms with Gasteiger partial charge in [-0.2, -0.15) is 0 Å². The van der Waals surface area contributed by atoms with Crippen LogP contribution in [0.25, 0.3) is 0 Å². The molecule has 1 aromatic carbocycles. The molecule has 2 rings (SSSR count). The van der Waals surface area contributed by atoms with Crippen LogP contribution in [0, 0.1) is 6.92 Å². The summed E-state index contributed by atoms with van der Waals surface area (Å²) in [6.45, 7) is 2.88. The van der Waals surface area contributed by atoms with Crippen LogP contribution in [0.2, 0.25) is 0 Å². The number of hydrogen-bond acceptors (Lipinski definition) is 2. The molecular weight excluding hydrogens is 278 g/mol. The third-order valence-corrected chi connectivity index (χ3v) is 4.80. The zero-order valence-electron chi connectivity index (χ0n) is 10.6. The van der Waals surface area contributed by atoms with Gasteiger partial charge in [-0.05, 0) is 52.9 Å². The van der Waals surface area contributed by atoms with Gasteiger partial charge in [-0.1, -0.05) is 18.9 Å². The van der Waals surface area contributed by atoms with Crippen molar-refractivity contribution in [3.05, 3.63) is 27.7 Å². The van der Waals surface area contributed by atoms with Crippen LogP contribution >= 0.6 is 15.9 Å². The van der Waals surface area contributed by atoms with E-state index >= 15 is 0 Å². The average molecular weight is 298 g/mol. The van der Waals surface area contributed by atoms with Crippen LogP contribution in [0.1, 0.15) is 36.8 Å². The molecule has 0 unspecified atom stereocenters. The van der Waals surface area contributed by atoms with E-state index < -0.39 is 0 Å². The van der Waals surface area contributed by atoms with E-state index in [1.165, 1.54) is 36.8 Å². The number of nitrogens with two attached hydrogens (primary N) is 1. The van der Waals surface area contributed by atoms with Gasteiger partial charge in [0, 0.05) is 12.0 Å². The van der Waals surface area contributed by atoms with Gasteiger partial charge in [0.05, 0.1) is 11.6 Å². The zero-order chi connectivity index (χ0) is 12.5. The summed E-state index contributed by atoms with van der Waals surface area (Å²) in [6.07, 6.45) is 4.94. The Hall–Kier alpha value is -0.540. The molecule has 94 valence electrons. The number of ether oxygens (including phenoxy) is 1. The first-order chi connectivity index (χ1) is 8.14. The molecule has 0 radical (unpaired) electrons. The zero-order valence-corrected chi connectivity index (χ0v) is 12.1. The van der Waals surface area contributed by atoms with Crippen molar-refractivity contribution in [3.8, 4) is 5.75 Å². The van der Waals surface area contributed by atoms with E-state index in [1.54, 1.807) is 7.11 Å². The Kier molecular flexibility index (Phi) is 3.79. The first-order valence-electron chi connectivity index (χ1n) is 6.18. The first-order valence-corrected chi connectivity index (χ1v) is 6.97. The third-order valence-electron chi connectivity index (χ3n) is 4.02. The molecule has 2 N–H and O–H groups in total. The predicted molar refractivity (Wildman–Crippen MR) is 74.6 cm³/mol. The molecule has 0 amide bonds. The van der Waals surface area contributed by atoms with Crippen molar-refractivity contribution in [1.29, 1.82) is 0 Å². The molecule has 2 nitrogen and oxygen atoms in total. The predicted octanol–water partition coefficient (Wildman–Crippen LogP) is 3.54. The fourth-order valence-electron chi connectivity index (χ4n) is 3.07. The second-order valence-corrected chi connectivity index (χ2v) is 5.76. The summed E-state index contributed by atoms with van der Waals surface area (Å²) in [5.74, 6) is 0.908. The Balaban J connectivity index is 2.56. The van der Waals surface area contributed by atoms with E-state index in [0.29, 0.717) is 0 Å². The second-order valence-electron chi connectivity index (χ2n) is 4.97. The maximum atomic E-state index is 6.07. The quantitative estimate of drug-likeness (QED) is 0.926. The normalized spacial score (nSPS) is 18.4. The average Bonchev–Trinajstić information content (AvgIpc) is 2.79. The minimum Gasteiger partial charge on any atom is -0.496 e. The van der Waals surface area contributed by atoms with Crippen molar-refractivity contribution >= 4 is 15.9 Å². The Morgan fingerprint density at radius 1 is 1.35 bits per heavy atom. The van der Waals surface area contributed by atoms with Crippen LogP contribution in [-0.4, -0.2) is 13.7 Å². The monoisotopic (exact) mass is 297 g/mol. The topological polar surface area (TPSA) is 35.2 Å². The minimum atomic E-state index is 0.150. The highest BCUT2D eigenvalue weighted by Gasteiger charge is 2.37. The number of hydrogen-bond donors (Lipinski definition) is 1. The summed E-state index contributed by atoms with van der Waals surface area (Å²) in [5.41, 5.74) is 8.89. The Labute approximate surface area is 112 Å². The van der Waals surface area contributed by atoms with Crippen molar-refractivity contribution < 1.29 is 4.74 Å². The van der Waals surface area contributed by atoms with Crippen LogP contribution in [0.4, 0.5) is 0 Å². The van der Waals surface area contributed by atoms with Gasteiger partial charge in [0.1, 0.15) is 5.75 Å². The Morgan fingerprint density at radius 3 is 2.53 bits per heavy atom. The highest BCUT2D eigenvalue weighted by molar-refractivity contribution is 9.10. The van der Waals surface area contributed by atoms with Crippen molar-refractivity contribution in [2.75, 3.05) is 13.7 Å². The molecule has 0 bridgehead atoms. The van der Waals surface area contributed by atoms with Gasteiger partial charge >= 0.3 is 0 Å². The summed E-state index contributed by atoms with van der Waals surface area (Å²) >= 11 is 3.70. The Morgan fingerprint density at radius 2 is 2.00 bits per heavy atom. The molecule has 1 fully saturated rings. The first kappa shape index (κ1) is 12.9. The van der Waals surface area contributed by atoms with E-state index in [1.807, 2.05) is 6.07 Å². The number of methoxy groups -OCH3 is 1. The maximum absolute atomic E-state index is 6.07. The minimum absolute atomic E-state index is 0.150. The highest BCUT2D eigenvalue weighted by Crippen LogP contribution is 2.46. The second kappa shape index (κ2) is 4.99. The Bertz CT molecular complexity index is 411. The van der Waals surface area contributed by atoms with Gasteiger partial charge in [0.2, 0.25) is 0 Å². The third kappa shape index (κ3) is 2.11. The summed E-state index contributed by atoms with van der Waals surface area (Å²) < 4.78 is 6.49. The lowest BCUT2D eigenvalue weighted by Crippen LogP contribution is -2.33. The molecule has 0 heterocycles. The molecule has 0 atom stereocenters. The molecule has 1 saturated carbocycles. The van der Waals surface area contributed by atoms with Crippen molar-refractivity contribution in [3.63, 3.8) is 0 Å². The molecule has 1 aliphatic rings. The summed E-state index contributed by atoms with van der Waals surface area (Å²) in [5, 5.41) is 0. The molecule has 0 aliphatic heterocycles. The van der Waals surface area contributed by atoms with Crippen LogP contribution in [0.15, 0.2) is 16.6 Å². The number of rotatable bonds is 3. The number of benzene rings is 1. The van der Waals surface area contributed by atoms with Crippen LogP contribution in [-0.2, 0) is 5.41 Å². The summed E-state index contributed by atoms with van der Waals surface area (Å²) in [7, 11) is 1.71. The fourth-order valence-corrected chi connectivity index (χ4v) is 4.10. The molecule has 3 heteroatoms. The van der Waals surface area contributed by atoms with Gasteiger partial charge in [-0.25, -0.2) is 0 Å². The van der Waals surface area contributed by atoms with Crippen LogP contribution in [0.3, 0.4) is 0 Å². The molecule has 1 aliphatic carbocycles. The van der Waals surface area contributed by atoms with Gasteiger partial charge in [-0.15, -0.1) is 0 Å². The van der Waals surface area contributed by atoms with Gasteiger partial charge in [0.25, 0.3) is 0 Å². The molecule has 1 aromatic rings. The SMILES string of the molecule is COc1ccc(C)c(C2(CN)CCCC2)c1Br. The molecular formula is C14H20BrNO. The van der Waals surface area contributed by atoms with E-state index in [-0.39, 0.29) is 5.41 Å².